The Morgan fingerprint density at radius 1 is 0.591 bits per heavy atom. The van der Waals surface area contributed by atoms with Crippen LogP contribution in [0.15, 0.2) is 0 Å². The van der Waals surface area contributed by atoms with Gasteiger partial charge >= 0.3 is 0 Å². The maximum Gasteiger partial charge on any atom is 0.0953 e. The van der Waals surface area contributed by atoms with Gasteiger partial charge in [0.25, 0.3) is 0 Å². The summed E-state index contributed by atoms with van der Waals surface area (Å²) < 4.78 is 0. The second-order valence-corrected chi connectivity index (χ2v) is 7.04. The number of rotatable bonds is 2. The zero-order valence-electron chi connectivity index (χ0n) is 14.4. The van der Waals surface area contributed by atoms with Crippen molar-refractivity contribution >= 4 is 0 Å². The normalized spacial score (nSPS) is 39.5. The van der Waals surface area contributed by atoms with Gasteiger partial charge in [0.05, 0.1) is 24.4 Å². The van der Waals surface area contributed by atoms with Gasteiger partial charge in [-0.1, -0.05) is 0 Å². The molecule has 0 spiro atoms. The Balaban J connectivity index is 0.000000220. The van der Waals surface area contributed by atoms with Crippen molar-refractivity contribution in [3.05, 3.63) is 0 Å². The molecule has 0 aromatic heterocycles. The summed E-state index contributed by atoms with van der Waals surface area (Å²) in [6.45, 7) is 0. The van der Waals surface area contributed by atoms with Crippen LogP contribution >= 0.6 is 0 Å². The van der Waals surface area contributed by atoms with E-state index in [1.807, 2.05) is 38.0 Å². The van der Waals surface area contributed by atoms with Crippen LogP contribution in [0.5, 0.6) is 0 Å². The van der Waals surface area contributed by atoms with E-state index in [0.29, 0.717) is 0 Å². The van der Waals surface area contributed by atoms with Crippen LogP contribution in [0.3, 0.4) is 0 Å². The van der Waals surface area contributed by atoms with Gasteiger partial charge in [-0.3, -0.25) is 0 Å². The minimum Gasteiger partial charge on any atom is -0.390 e. The van der Waals surface area contributed by atoms with Crippen LogP contribution in [0.2, 0.25) is 0 Å². The molecule has 2 rings (SSSR count). The lowest BCUT2D eigenvalue weighted by molar-refractivity contribution is -0.0536. The van der Waals surface area contributed by atoms with E-state index >= 15 is 0 Å². The highest BCUT2D eigenvalue weighted by Crippen LogP contribution is 2.22. The summed E-state index contributed by atoms with van der Waals surface area (Å²) in [4.78, 5) is 3.96. The van der Waals surface area contributed by atoms with Crippen molar-refractivity contribution in [1.82, 2.24) is 9.80 Å². The lowest BCUT2D eigenvalue weighted by Gasteiger charge is -2.35. The van der Waals surface area contributed by atoms with E-state index in [0.717, 1.165) is 38.5 Å². The number of aliphatic hydroxyl groups is 4. The Morgan fingerprint density at radius 2 is 0.909 bits per heavy atom. The standard InChI is InChI=1S/2C8H17NO2/c2*1-9(2)6-4-3-5-7(10)8(6)11/h2*6-8,10-11H,3-5H2,1-2H3/t6?,7?,8-;/m1./s1. The lowest BCUT2D eigenvalue weighted by atomic mass is 9.89. The predicted octanol–water partition coefficient (Wildman–Crippen LogP) is -0.355. The summed E-state index contributed by atoms with van der Waals surface area (Å²) in [6, 6.07) is 0.275. The van der Waals surface area contributed by atoms with E-state index in [2.05, 4.69) is 0 Å². The molecular weight excluding hydrogens is 284 g/mol. The van der Waals surface area contributed by atoms with E-state index in [4.69, 9.17) is 0 Å². The summed E-state index contributed by atoms with van der Waals surface area (Å²) in [7, 11) is 7.75. The molecule has 0 radical (unpaired) electrons. The van der Waals surface area contributed by atoms with E-state index in [1.165, 1.54) is 0 Å². The Kier molecular flexibility index (Phi) is 8.24. The zero-order chi connectivity index (χ0) is 16.9. The topological polar surface area (TPSA) is 87.4 Å². The van der Waals surface area contributed by atoms with Crippen LogP contribution in [0.25, 0.3) is 0 Å². The molecule has 6 heteroatoms. The van der Waals surface area contributed by atoms with Crippen molar-refractivity contribution in [3.63, 3.8) is 0 Å². The highest BCUT2D eigenvalue weighted by Gasteiger charge is 2.32. The summed E-state index contributed by atoms with van der Waals surface area (Å²) in [5.41, 5.74) is 0. The fourth-order valence-corrected chi connectivity index (χ4v) is 3.40. The zero-order valence-corrected chi connectivity index (χ0v) is 14.4. The molecular formula is C16H34N2O4. The maximum absolute atomic E-state index is 9.52. The molecule has 5 unspecified atom stereocenters. The van der Waals surface area contributed by atoms with E-state index < -0.39 is 24.4 Å². The smallest absolute Gasteiger partial charge is 0.0953 e. The molecule has 22 heavy (non-hydrogen) atoms. The molecule has 2 saturated carbocycles. The second kappa shape index (κ2) is 9.15. The first kappa shape index (κ1) is 19.8. The highest BCUT2D eigenvalue weighted by atomic mass is 16.3. The molecule has 4 N–H and O–H groups in total. The Hall–Kier alpha value is -0.240. The largest absolute Gasteiger partial charge is 0.390 e. The summed E-state index contributed by atoms with van der Waals surface area (Å²) >= 11 is 0. The second-order valence-electron chi connectivity index (χ2n) is 7.04. The minimum absolute atomic E-state index is 0.138. The fraction of sp³-hybridized carbons (Fsp3) is 1.00. The Bertz CT molecular complexity index is 285. The van der Waals surface area contributed by atoms with Crippen molar-refractivity contribution in [3.8, 4) is 0 Å². The summed E-state index contributed by atoms with van der Waals surface area (Å²) in [6.07, 6.45) is 3.35. The predicted molar refractivity (Wildman–Crippen MR) is 86.7 cm³/mol. The fourth-order valence-electron chi connectivity index (χ4n) is 3.40. The van der Waals surface area contributed by atoms with Gasteiger partial charge in [-0.25, -0.2) is 0 Å². The van der Waals surface area contributed by atoms with Gasteiger partial charge in [0, 0.05) is 12.1 Å². The number of hydrogen-bond donors (Lipinski definition) is 4. The SMILES string of the molecule is CN(C)C1CCCC(O)C1O.CN(C)C1CCCC(O)[C@@H]1O. The third kappa shape index (κ3) is 5.44. The van der Waals surface area contributed by atoms with E-state index in [9.17, 15) is 20.4 Å². The third-order valence-corrected chi connectivity index (χ3v) is 4.90. The molecule has 6 atom stereocenters. The molecule has 2 aliphatic rings. The summed E-state index contributed by atoms with van der Waals surface area (Å²) in [5.74, 6) is 0. The first-order chi connectivity index (χ1) is 10.3. The van der Waals surface area contributed by atoms with E-state index in [1.54, 1.807) is 0 Å². The van der Waals surface area contributed by atoms with Crippen molar-refractivity contribution in [1.29, 1.82) is 0 Å². The Morgan fingerprint density at radius 3 is 1.14 bits per heavy atom. The monoisotopic (exact) mass is 318 g/mol. The van der Waals surface area contributed by atoms with Crippen LogP contribution in [-0.4, -0.2) is 94.9 Å². The summed E-state index contributed by atoms with van der Waals surface area (Å²) in [5, 5.41) is 37.7. The molecule has 0 aromatic rings. The minimum atomic E-state index is -0.557. The first-order valence-corrected chi connectivity index (χ1v) is 8.30. The Labute approximate surface area is 134 Å². The average Bonchev–Trinajstić information content (AvgIpc) is 2.45. The van der Waals surface area contributed by atoms with Crippen LogP contribution in [0.1, 0.15) is 38.5 Å². The third-order valence-electron chi connectivity index (χ3n) is 4.90. The van der Waals surface area contributed by atoms with Crippen molar-refractivity contribution in [2.24, 2.45) is 0 Å². The molecule has 2 aliphatic carbocycles. The number of nitrogens with zero attached hydrogens (tertiary/aromatic N) is 2. The number of likely N-dealkylation sites (N-methyl/N-ethyl adjacent to an activating group) is 2. The van der Waals surface area contributed by atoms with Crippen LogP contribution in [0, 0.1) is 0 Å². The molecule has 0 amide bonds. The number of hydrogen-bond acceptors (Lipinski definition) is 6. The van der Waals surface area contributed by atoms with Gasteiger partial charge in [0.1, 0.15) is 0 Å². The van der Waals surface area contributed by atoms with Crippen LogP contribution in [-0.2, 0) is 0 Å². The van der Waals surface area contributed by atoms with E-state index in [-0.39, 0.29) is 12.1 Å². The molecule has 6 nitrogen and oxygen atoms in total. The van der Waals surface area contributed by atoms with Crippen molar-refractivity contribution in [2.45, 2.75) is 75.0 Å². The van der Waals surface area contributed by atoms with Crippen LogP contribution < -0.4 is 0 Å². The highest BCUT2D eigenvalue weighted by molar-refractivity contribution is 4.86. The average molecular weight is 318 g/mol. The van der Waals surface area contributed by atoms with Gasteiger partial charge in [-0.2, -0.15) is 0 Å². The molecule has 132 valence electrons. The molecule has 0 bridgehead atoms. The molecule has 0 aromatic carbocycles. The first-order valence-electron chi connectivity index (χ1n) is 8.30. The van der Waals surface area contributed by atoms with Gasteiger partial charge < -0.3 is 30.2 Å². The lowest BCUT2D eigenvalue weighted by Crippen LogP contribution is -2.48. The quantitative estimate of drug-likeness (QED) is 0.556. The van der Waals surface area contributed by atoms with Gasteiger partial charge in [0.2, 0.25) is 0 Å². The molecule has 2 fully saturated rings. The van der Waals surface area contributed by atoms with Gasteiger partial charge in [0.15, 0.2) is 0 Å². The van der Waals surface area contributed by atoms with Gasteiger partial charge in [-0.05, 0) is 66.7 Å². The molecule has 0 heterocycles. The molecule has 0 saturated heterocycles. The van der Waals surface area contributed by atoms with Crippen LogP contribution in [0.4, 0.5) is 0 Å². The van der Waals surface area contributed by atoms with Crippen molar-refractivity contribution in [2.75, 3.05) is 28.2 Å². The van der Waals surface area contributed by atoms with Crippen molar-refractivity contribution < 1.29 is 20.4 Å². The maximum atomic E-state index is 9.52. The van der Waals surface area contributed by atoms with Gasteiger partial charge in [-0.15, -0.1) is 0 Å². The molecule has 0 aliphatic heterocycles. The number of aliphatic hydroxyl groups excluding tert-OH is 4.